The van der Waals surface area contributed by atoms with Gasteiger partial charge in [-0.1, -0.05) is 13.8 Å². The summed E-state index contributed by atoms with van der Waals surface area (Å²) in [5.74, 6) is 6.61. The highest BCUT2D eigenvalue weighted by Crippen LogP contribution is 2.25. The number of hydrogen-bond donors (Lipinski definition) is 2. The van der Waals surface area contributed by atoms with Gasteiger partial charge in [0.05, 0.1) is 12.2 Å². The maximum absolute atomic E-state index is 12.0. The molecular formula is C12H19F3N4O. The minimum absolute atomic E-state index is 0.0558. The summed E-state index contributed by atoms with van der Waals surface area (Å²) in [6, 6.07) is 0. The average Bonchev–Trinajstić information content (AvgIpc) is 2.34. The van der Waals surface area contributed by atoms with Crippen LogP contribution in [0.15, 0.2) is 0 Å². The lowest BCUT2D eigenvalue weighted by Crippen LogP contribution is -2.15. The molecule has 1 aromatic rings. The summed E-state index contributed by atoms with van der Waals surface area (Å²) in [6.07, 6.45) is -5.16. The van der Waals surface area contributed by atoms with Crippen molar-refractivity contribution < 1.29 is 17.9 Å². The minimum atomic E-state index is -4.17. The Balaban J connectivity index is 2.75. The zero-order chi connectivity index (χ0) is 15.3. The van der Waals surface area contributed by atoms with Crippen molar-refractivity contribution in [1.82, 2.24) is 9.97 Å². The first-order valence-electron chi connectivity index (χ1n) is 6.29. The molecule has 0 saturated carbocycles. The molecule has 0 amide bonds. The van der Waals surface area contributed by atoms with Crippen molar-refractivity contribution in [3.63, 3.8) is 0 Å². The van der Waals surface area contributed by atoms with Crippen LogP contribution in [-0.4, -0.2) is 22.8 Å². The van der Waals surface area contributed by atoms with Gasteiger partial charge in [-0.15, -0.1) is 0 Å². The zero-order valence-electron chi connectivity index (χ0n) is 11.7. The number of nitrogens with zero attached hydrogens (tertiary/aromatic N) is 2. The van der Waals surface area contributed by atoms with Gasteiger partial charge in [0.15, 0.2) is 0 Å². The molecule has 114 valence electrons. The van der Waals surface area contributed by atoms with Gasteiger partial charge in [-0.25, -0.2) is 10.8 Å². The van der Waals surface area contributed by atoms with Gasteiger partial charge in [-0.05, 0) is 13.3 Å². The molecule has 0 saturated heterocycles. The molecule has 0 radical (unpaired) electrons. The molecule has 1 aromatic heterocycles. The summed E-state index contributed by atoms with van der Waals surface area (Å²) < 4.78 is 41.4. The lowest BCUT2D eigenvalue weighted by atomic mass is 10.2. The fourth-order valence-corrected chi connectivity index (χ4v) is 1.49. The van der Waals surface area contributed by atoms with Gasteiger partial charge >= 0.3 is 6.18 Å². The molecular weight excluding hydrogens is 273 g/mol. The van der Waals surface area contributed by atoms with Crippen molar-refractivity contribution in [2.45, 2.75) is 45.7 Å². The Morgan fingerprint density at radius 3 is 2.45 bits per heavy atom. The third-order valence-corrected chi connectivity index (χ3v) is 2.61. The second-order valence-electron chi connectivity index (χ2n) is 4.73. The SMILES string of the molecule is Cc1c(NN)nc(C(C)C)nc1OCCCC(F)(F)F. The van der Waals surface area contributed by atoms with Crippen molar-refractivity contribution in [2.75, 3.05) is 12.0 Å². The Morgan fingerprint density at radius 1 is 1.30 bits per heavy atom. The van der Waals surface area contributed by atoms with Crippen LogP contribution in [0.3, 0.4) is 0 Å². The molecule has 0 fully saturated rings. The van der Waals surface area contributed by atoms with E-state index in [4.69, 9.17) is 10.6 Å². The molecule has 0 aliphatic heterocycles. The second kappa shape index (κ2) is 6.74. The van der Waals surface area contributed by atoms with Gasteiger partial charge in [-0.3, -0.25) is 0 Å². The number of aromatic nitrogens is 2. The van der Waals surface area contributed by atoms with Gasteiger partial charge in [-0.2, -0.15) is 18.2 Å². The Hall–Kier alpha value is -1.57. The summed E-state index contributed by atoms with van der Waals surface area (Å²) in [5, 5.41) is 0. The third-order valence-electron chi connectivity index (χ3n) is 2.61. The summed E-state index contributed by atoms with van der Waals surface area (Å²) in [5.41, 5.74) is 3.01. The molecule has 0 unspecified atom stereocenters. The number of hydrazine groups is 1. The first-order chi connectivity index (χ1) is 9.24. The van der Waals surface area contributed by atoms with Gasteiger partial charge in [0.2, 0.25) is 5.88 Å². The molecule has 5 nitrogen and oxygen atoms in total. The summed E-state index contributed by atoms with van der Waals surface area (Å²) in [6.45, 7) is 5.44. The predicted molar refractivity (Wildman–Crippen MR) is 69.5 cm³/mol. The van der Waals surface area contributed by atoms with Crippen LogP contribution in [0.5, 0.6) is 5.88 Å². The lowest BCUT2D eigenvalue weighted by Gasteiger charge is -2.14. The number of nitrogens with one attached hydrogen (secondary N) is 1. The van der Waals surface area contributed by atoms with Crippen LogP contribution >= 0.6 is 0 Å². The normalized spacial score (nSPS) is 11.8. The van der Waals surface area contributed by atoms with E-state index in [0.29, 0.717) is 17.2 Å². The van der Waals surface area contributed by atoms with E-state index in [1.165, 1.54) is 0 Å². The quantitative estimate of drug-likeness (QED) is 0.479. The fourth-order valence-electron chi connectivity index (χ4n) is 1.49. The molecule has 20 heavy (non-hydrogen) atoms. The molecule has 0 atom stereocenters. The van der Waals surface area contributed by atoms with Gasteiger partial charge < -0.3 is 10.2 Å². The predicted octanol–water partition coefficient (Wildman–Crippen LogP) is 2.92. The number of hydrogen-bond acceptors (Lipinski definition) is 5. The van der Waals surface area contributed by atoms with Crippen LogP contribution in [0.1, 0.15) is 44.0 Å². The van der Waals surface area contributed by atoms with Crippen molar-refractivity contribution in [1.29, 1.82) is 0 Å². The number of nitrogens with two attached hydrogens (primary N) is 1. The van der Waals surface area contributed by atoms with Crippen LogP contribution in [0.2, 0.25) is 0 Å². The maximum Gasteiger partial charge on any atom is 0.389 e. The van der Waals surface area contributed by atoms with E-state index in [1.54, 1.807) is 6.92 Å². The smallest absolute Gasteiger partial charge is 0.389 e. The number of halogens is 3. The molecule has 0 aliphatic carbocycles. The Labute approximate surface area is 115 Å². The highest BCUT2D eigenvalue weighted by atomic mass is 19.4. The Morgan fingerprint density at radius 2 is 1.95 bits per heavy atom. The van der Waals surface area contributed by atoms with Crippen LogP contribution in [0.4, 0.5) is 19.0 Å². The van der Waals surface area contributed by atoms with E-state index in [2.05, 4.69) is 15.4 Å². The summed E-state index contributed by atoms with van der Waals surface area (Å²) >= 11 is 0. The largest absolute Gasteiger partial charge is 0.477 e. The fraction of sp³-hybridized carbons (Fsp3) is 0.667. The first-order valence-corrected chi connectivity index (χ1v) is 6.29. The molecule has 1 heterocycles. The van der Waals surface area contributed by atoms with Crippen molar-refractivity contribution in [3.05, 3.63) is 11.4 Å². The first kappa shape index (κ1) is 16.5. The van der Waals surface area contributed by atoms with Gasteiger partial charge in [0.1, 0.15) is 11.6 Å². The Kier molecular flexibility index (Phi) is 5.55. The molecule has 0 aliphatic rings. The van der Waals surface area contributed by atoms with E-state index < -0.39 is 12.6 Å². The minimum Gasteiger partial charge on any atom is -0.477 e. The average molecular weight is 292 g/mol. The Bertz CT molecular complexity index is 449. The summed E-state index contributed by atoms with van der Waals surface area (Å²) in [7, 11) is 0. The number of rotatable bonds is 6. The molecule has 0 bridgehead atoms. The standard InChI is InChI=1S/C12H19F3N4O/c1-7(2)9-17-10(19-16)8(3)11(18-9)20-6-4-5-12(13,14)15/h7H,4-6,16H2,1-3H3,(H,17,18,19). The van der Waals surface area contributed by atoms with E-state index >= 15 is 0 Å². The van der Waals surface area contributed by atoms with E-state index in [-0.39, 0.29) is 24.8 Å². The lowest BCUT2D eigenvalue weighted by molar-refractivity contribution is -0.136. The number of anilines is 1. The highest BCUT2D eigenvalue weighted by molar-refractivity contribution is 5.47. The number of alkyl halides is 3. The van der Waals surface area contributed by atoms with E-state index in [1.807, 2.05) is 13.8 Å². The third kappa shape index (κ3) is 4.84. The van der Waals surface area contributed by atoms with Crippen LogP contribution in [0.25, 0.3) is 0 Å². The molecule has 3 N–H and O–H groups in total. The molecule has 8 heteroatoms. The number of ether oxygens (including phenoxy) is 1. The maximum atomic E-state index is 12.0. The second-order valence-corrected chi connectivity index (χ2v) is 4.73. The molecule has 0 spiro atoms. The molecule has 1 rings (SSSR count). The van der Waals surface area contributed by atoms with Crippen molar-refractivity contribution >= 4 is 5.82 Å². The van der Waals surface area contributed by atoms with E-state index in [0.717, 1.165) is 0 Å². The molecule has 0 aromatic carbocycles. The van der Waals surface area contributed by atoms with Crippen LogP contribution < -0.4 is 16.0 Å². The summed E-state index contributed by atoms with van der Waals surface area (Å²) in [4.78, 5) is 8.42. The van der Waals surface area contributed by atoms with Crippen molar-refractivity contribution in [2.24, 2.45) is 5.84 Å². The topological polar surface area (TPSA) is 73.1 Å². The van der Waals surface area contributed by atoms with Crippen LogP contribution in [-0.2, 0) is 0 Å². The monoisotopic (exact) mass is 292 g/mol. The van der Waals surface area contributed by atoms with Crippen molar-refractivity contribution in [3.8, 4) is 5.88 Å². The highest BCUT2D eigenvalue weighted by Gasteiger charge is 2.26. The zero-order valence-corrected chi connectivity index (χ0v) is 11.7. The van der Waals surface area contributed by atoms with Gasteiger partial charge in [0, 0.05) is 12.3 Å². The van der Waals surface area contributed by atoms with Gasteiger partial charge in [0.25, 0.3) is 0 Å². The van der Waals surface area contributed by atoms with E-state index in [9.17, 15) is 13.2 Å². The van der Waals surface area contributed by atoms with Crippen LogP contribution in [0, 0.1) is 6.92 Å². The number of nitrogen functional groups attached to an aromatic ring is 1.